The molecule has 0 saturated carbocycles. The number of ether oxygens (including phenoxy) is 2. The van der Waals surface area contributed by atoms with Crippen LogP contribution < -0.4 is 15.0 Å². The summed E-state index contributed by atoms with van der Waals surface area (Å²) in [4.78, 5) is 17.5. The normalized spacial score (nSPS) is 14.5. The topological polar surface area (TPSA) is 54.0 Å². The van der Waals surface area contributed by atoms with E-state index in [1.54, 1.807) is 13.2 Å². The van der Waals surface area contributed by atoms with Crippen molar-refractivity contribution in [2.45, 2.75) is 19.8 Å². The summed E-state index contributed by atoms with van der Waals surface area (Å²) in [5, 5.41) is 3.02. The lowest BCUT2D eigenvalue weighted by atomic mass is 10.1. The van der Waals surface area contributed by atoms with Crippen LogP contribution in [0.3, 0.4) is 0 Å². The van der Waals surface area contributed by atoms with Gasteiger partial charge in [0.05, 0.1) is 12.2 Å². The van der Waals surface area contributed by atoms with Gasteiger partial charge in [0.25, 0.3) is 5.91 Å². The Hall–Kier alpha value is -2.57. The smallest absolute Gasteiger partial charge is 0.255 e. The molecular weight excluding hydrogens is 390 g/mol. The third-order valence-corrected chi connectivity index (χ3v) is 5.60. The van der Waals surface area contributed by atoms with E-state index < -0.39 is 0 Å². The summed E-state index contributed by atoms with van der Waals surface area (Å²) in [6.07, 6.45) is 2.05. The molecule has 3 rings (SSSR count). The minimum absolute atomic E-state index is 0.0835. The van der Waals surface area contributed by atoms with E-state index >= 15 is 0 Å². The number of hydrogen-bond acceptors (Lipinski definition) is 5. The van der Waals surface area contributed by atoms with Gasteiger partial charge in [-0.2, -0.15) is 0 Å². The summed E-state index contributed by atoms with van der Waals surface area (Å²) >= 11 is 0. The lowest BCUT2D eigenvalue weighted by Crippen LogP contribution is -2.46. The van der Waals surface area contributed by atoms with Crippen molar-refractivity contribution in [1.29, 1.82) is 0 Å². The second kappa shape index (κ2) is 12.3. The van der Waals surface area contributed by atoms with E-state index in [1.165, 1.54) is 11.3 Å². The molecule has 0 spiro atoms. The Morgan fingerprint density at radius 2 is 1.81 bits per heavy atom. The first kappa shape index (κ1) is 23.1. The van der Waals surface area contributed by atoms with E-state index in [4.69, 9.17) is 9.47 Å². The summed E-state index contributed by atoms with van der Waals surface area (Å²) in [7, 11) is 1.63. The molecule has 0 unspecified atom stereocenters. The van der Waals surface area contributed by atoms with Gasteiger partial charge in [-0.3, -0.25) is 9.69 Å². The molecule has 6 heteroatoms. The molecule has 1 fully saturated rings. The highest BCUT2D eigenvalue weighted by molar-refractivity contribution is 5.96. The van der Waals surface area contributed by atoms with Crippen molar-refractivity contribution >= 4 is 11.6 Å². The Morgan fingerprint density at radius 3 is 2.58 bits per heavy atom. The molecule has 1 N–H and O–H groups in total. The third-order valence-electron chi connectivity index (χ3n) is 5.60. The van der Waals surface area contributed by atoms with Crippen LogP contribution in [0.4, 0.5) is 5.69 Å². The first-order valence-corrected chi connectivity index (χ1v) is 11.2. The van der Waals surface area contributed by atoms with Gasteiger partial charge in [0.1, 0.15) is 12.4 Å². The molecule has 0 aromatic heterocycles. The van der Waals surface area contributed by atoms with Crippen LogP contribution in [0.15, 0.2) is 48.5 Å². The van der Waals surface area contributed by atoms with E-state index in [-0.39, 0.29) is 5.91 Å². The molecule has 1 aliphatic rings. The van der Waals surface area contributed by atoms with Crippen molar-refractivity contribution in [3.05, 3.63) is 59.7 Å². The average Bonchev–Trinajstić information content (AvgIpc) is 2.79. The number of piperazine rings is 1. The summed E-state index contributed by atoms with van der Waals surface area (Å²) in [5.41, 5.74) is 3.21. The van der Waals surface area contributed by atoms with Crippen molar-refractivity contribution in [3.63, 3.8) is 0 Å². The molecule has 1 amide bonds. The maximum absolute atomic E-state index is 12.5. The van der Waals surface area contributed by atoms with Crippen LogP contribution in [-0.4, -0.2) is 70.4 Å². The number of anilines is 1. The number of nitrogens with zero attached hydrogens (tertiary/aromatic N) is 2. The number of amides is 1. The van der Waals surface area contributed by atoms with Gasteiger partial charge in [-0.25, -0.2) is 0 Å². The predicted molar refractivity (Wildman–Crippen MR) is 125 cm³/mol. The molecule has 1 saturated heterocycles. The van der Waals surface area contributed by atoms with Crippen LogP contribution in [0.1, 0.15) is 28.8 Å². The zero-order valence-corrected chi connectivity index (χ0v) is 18.8. The molecular formula is C25H35N3O3. The summed E-state index contributed by atoms with van der Waals surface area (Å²) < 4.78 is 10.7. The van der Waals surface area contributed by atoms with Gasteiger partial charge in [0.15, 0.2) is 0 Å². The molecule has 6 nitrogen and oxygen atoms in total. The number of carbonyl (C=O) groups is 1. The second-order valence-corrected chi connectivity index (χ2v) is 7.97. The Balaban J connectivity index is 1.33. The van der Waals surface area contributed by atoms with Crippen LogP contribution in [0.5, 0.6) is 5.75 Å². The molecule has 168 valence electrons. The second-order valence-electron chi connectivity index (χ2n) is 7.97. The number of aryl methyl sites for hydroxylation is 1. The highest BCUT2D eigenvalue weighted by Gasteiger charge is 2.17. The number of rotatable bonds is 11. The lowest BCUT2D eigenvalue weighted by molar-refractivity contribution is 0.0944. The molecule has 2 aromatic carbocycles. The maximum atomic E-state index is 12.5. The Kier molecular flexibility index (Phi) is 9.18. The highest BCUT2D eigenvalue weighted by Crippen LogP contribution is 2.19. The van der Waals surface area contributed by atoms with Crippen molar-refractivity contribution < 1.29 is 14.3 Å². The zero-order valence-electron chi connectivity index (χ0n) is 18.8. The van der Waals surface area contributed by atoms with Crippen LogP contribution in [0.25, 0.3) is 0 Å². The van der Waals surface area contributed by atoms with Crippen molar-refractivity contribution in [2.24, 2.45) is 0 Å². The number of carbonyl (C=O) groups excluding carboxylic acids is 1. The zero-order chi connectivity index (χ0) is 21.9. The van der Waals surface area contributed by atoms with E-state index in [2.05, 4.69) is 46.3 Å². The minimum Gasteiger partial charge on any atom is -0.490 e. The number of benzene rings is 2. The van der Waals surface area contributed by atoms with E-state index in [0.29, 0.717) is 31.1 Å². The average molecular weight is 426 g/mol. The van der Waals surface area contributed by atoms with Gasteiger partial charge < -0.3 is 19.7 Å². The maximum Gasteiger partial charge on any atom is 0.255 e. The molecule has 0 aliphatic carbocycles. The minimum atomic E-state index is -0.0835. The molecule has 1 aliphatic heterocycles. The molecule has 1 heterocycles. The fourth-order valence-corrected chi connectivity index (χ4v) is 3.83. The van der Waals surface area contributed by atoms with Crippen molar-refractivity contribution in [2.75, 3.05) is 64.5 Å². The van der Waals surface area contributed by atoms with Crippen LogP contribution in [-0.2, 0) is 4.74 Å². The summed E-state index contributed by atoms with van der Waals surface area (Å²) in [5.74, 6) is 0.517. The first-order chi connectivity index (χ1) is 15.2. The Morgan fingerprint density at radius 1 is 1.00 bits per heavy atom. The molecule has 0 bridgehead atoms. The molecule has 0 atom stereocenters. The van der Waals surface area contributed by atoms with E-state index in [9.17, 15) is 4.79 Å². The van der Waals surface area contributed by atoms with Gasteiger partial charge in [-0.1, -0.05) is 24.3 Å². The van der Waals surface area contributed by atoms with Gasteiger partial charge in [0, 0.05) is 45.5 Å². The SMILES string of the molecule is COCCOc1ccccc1C(=O)NCCCCN1CCN(c2cccc(C)c2)CC1. The van der Waals surface area contributed by atoms with E-state index in [1.807, 2.05) is 18.2 Å². The van der Waals surface area contributed by atoms with Crippen LogP contribution >= 0.6 is 0 Å². The van der Waals surface area contributed by atoms with Gasteiger partial charge in [0.2, 0.25) is 0 Å². The van der Waals surface area contributed by atoms with Gasteiger partial charge in [-0.15, -0.1) is 0 Å². The number of para-hydroxylation sites is 1. The quantitative estimate of drug-likeness (QED) is 0.560. The number of hydrogen-bond donors (Lipinski definition) is 1. The molecule has 31 heavy (non-hydrogen) atoms. The van der Waals surface area contributed by atoms with Gasteiger partial charge in [-0.05, 0) is 56.1 Å². The molecule has 2 aromatic rings. The fraction of sp³-hybridized carbons (Fsp3) is 0.480. The largest absolute Gasteiger partial charge is 0.490 e. The Bertz CT molecular complexity index is 819. The summed E-state index contributed by atoms with van der Waals surface area (Å²) in [6, 6.07) is 16.1. The fourth-order valence-electron chi connectivity index (χ4n) is 3.83. The van der Waals surface area contributed by atoms with E-state index in [0.717, 1.165) is 45.6 Å². The Labute approximate surface area is 186 Å². The lowest BCUT2D eigenvalue weighted by Gasteiger charge is -2.36. The van der Waals surface area contributed by atoms with Crippen molar-refractivity contribution in [3.8, 4) is 5.75 Å². The van der Waals surface area contributed by atoms with Gasteiger partial charge >= 0.3 is 0 Å². The first-order valence-electron chi connectivity index (χ1n) is 11.2. The number of unbranched alkanes of at least 4 members (excludes halogenated alkanes) is 1. The summed E-state index contributed by atoms with van der Waals surface area (Å²) in [6.45, 7) is 9.14. The molecule has 0 radical (unpaired) electrons. The van der Waals surface area contributed by atoms with Crippen LogP contribution in [0.2, 0.25) is 0 Å². The van der Waals surface area contributed by atoms with Crippen LogP contribution in [0, 0.1) is 6.92 Å². The standard InChI is InChI=1S/C25H35N3O3/c1-21-8-7-9-22(20-21)28-16-14-27(15-17-28)13-6-5-12-26-25(29)23-10-3-4-11-24(23)31-19-18-30-2/h3-4,7-11,20H,5-6,12-19H2,1-2H3,(H,26,29). The highest BCUT2D eigenvalue weighted by atomic mass is 16.5. The number of methoxy groups -OCH3 is 1. The third kappa shape index (κ3) is 7.26. The predicted octanol–water partition coefficient (Wildman–Crippen LogP) is 3.35. The van der Waals surface area contributed by atoms with Crippen molar-refractivity contribution in [1.82, 2.24) is 10.2 Å². The number of nitrogens with one attached hydrogen (secondary N) is 1. The monoisotopic (exact) mass is 425 g/mol.